The highest BCUT2D eigenvalue weighted by Gasteiger charge is 2.23. The molecule has 0 aliphatic carbocycles. The van der Waals surface area contributed by atoms with Gasteiger partial charge in [0.05, 0.1) is 17.6 Å². The molecule has 0 aromatic carbocycles. The van der Waals surface area contributed by atoms with Gasteiger partial charge >= 0.3 is 0 Å². The number of nitrogens with zero attached hydrogens (tertiary/aromatic N) is 3. The Kier molecular flexibility index (Phi) is 5.30. The number of carbonyl (C=O) groups excluding carboxylic acids is 1. The minimum atomic E-state index is 0.150. The maximum atomic E-state index is 11.6. The highest BCUT2D eigenvalue weighted by atomic mass is 32.1. The standard InChI is InChI=1S/C11H22N4OS/c1-9(11(12)17)15-6-4-14(5-7-15)8-10(16)13(2)3/h9H,4-8H2,1-3H3,(H2,12,17). The van der Waals surface area contributed by atoms with Crippen molar-refractivity contribution in [2.45, 2.75) is 13.0 Å². The molecule has 1 unspecified atom stereocenters. The summed E-state index contributed by atoms with van der Waals surface area (Å²) in [6, 6.07) is 0.150. The summed E-state index contributed by atoms with van der Waals surface area (Å²) in [5, 5.41) is 0. The zero-order chi connectivity index (χ0) is 13.0. The lowest BCUT2D eigenvalue weighted by Gasteiger charge is -2.37. The van der Waals surface area contributed by atoms with Crippen LogP contribution in [-0.2, 0) is 4.79 Å². The Hall–Kier alpha value is -0.720. The lowest BCUT2D eigenvalue weighted by atomic mass is 10.2. The van der Waals surface area contributed by atoms with E-state index >= 15 is 0 Å². The number of carbonyl (C=O) groups is 1. The van der Waals surface area contributed by atoms with E-state index in [1.54, 1.807) is 19.0 Å². The summed E-state index contributed by atoms with van der Waals surface area (Å²) in [6.45, 7) is 6.16. The third-order valence-corrected chi connectivity index (χ3v) is 3.57. The summed E-state index contributed by atoms with van der Waals surface area (Å²) in [4.78, 5) is 18.2. The molecule has 1 aliphatic heterocycles. The molecule has 0 bridgehead atoms. The second-order valence-electron chi connectivity index (χ2n) is 4.68. The van der Waals surface area contributed by atoms with Gasteiger partial charge in [-0.05, 0) is 6.92 Å². The summed E-state index contributed by atoms with van der Waals surface area (Å²) in [5.41, 5.74) is 5.64. The normalized spacial score (nSPS) is 19.9. The van der Waals surface area contributed by atoms with E-state index in [2.05, 4.69) is 9.80 Å². The summed E-state index contributed by atoms with van der Waals surface area (Å²) < 4.78 is 0. The van der Waals surface area contributed by atoms with Crippen LogP contribution in [0.1, 0.15) is 6.92 Å². The van der Waals surface area contributed by atoms with Crippen molar-refractivity contribution < 1.29 is 4.79 Å². The van der Waals surface area contributed by atoms with Gasteiger partial charge in [-0.3, -0.25) is 14.6 Å². The SMILES string of the molecule is CC(C(N)=S)N1CCN(CC(=O)N(C)C)CC1. The highest BCUT2D eigenvalue weighted by molar-refractivity contribution is 7.80. The minimum Gasteiger partial charge on any atom is -0.392 e. The van der Waals surface area contributed by atoms with Crippen molar-refractivity contribution in [3.05, 3.63) is 0 Å². The van der Waals surface area contributed by atoms with Crippen LogP contribution in [0.15, 0.2) is 0 Å². The zero-order valence-electron chi connectivity index (χ0n) is 10.8. The van der Waals surface area contributed by atoms with Crippen LogP contribution in [0.2, 0.25) is 0 Å². The molecule has 0 aromatic heterocycles. The van der Waals surface area contributed by atoms with Crippen LogP contribution in [0.5, 0.6) is 0 Å². The van der Waals surface area contributed by atoms with E-state index in [-0.39, 0.29) is 11.9 Å². The molecule has 98 valence electrons. The molecule has 0 radical (unpaired) electrons. The molecule has 17 heavy (non-hydrogen) atoms. The average molecular weight is 258 g/mol. The molecule has 1 heterocycles. The van der Waals surface area contributed by atoms with Crippen LogP contribution in [0, 0.1) is 0 Å². The van der Waals surface area contributed by atoms with Gasteiger partial charge in [-0.25, -0.2) is 0 Å². The first-order chi connectivity index (χ1) is 7.91. The Labute approximate surface area is 109 Å². The number of likely N-dealkylation sites (N-methyl/N-ethyl adjacent to an activating group) is 1. The Bertz CT molecular complexity index is 287. The molecule has 1 saturated heterocycles. The molecule has 2 N–H and O–H groups in total. The number of thiocarbonyl (C=S) groups is 1. The fourth-order valence-corrected chi connectivity index (χ4v) is 1.97. The second-order valence-corrected chi connectivity index (χ2v) is 5.15. The summed E-state index contributed by atoms with van der Waals surface area (Å²) >= 11 is 4.99. The molecule has 0 spiro atoms. The maximum absolute atomic E-state index is 11.6. The van der Waals surface area contributed by atoms with Crippen LogP contribution in [0.25, 0.3) is 0 Å². The van der Waals surface area contributed by atoms with Crippen LogP contribution in [0.4, 0.5) is 0 Å². The third kappa shape index (κ3) is 4.22. The number of amides is 1. The predicted octanol–water partition coefficient (Wildman–Crippen LogP) is -0.633. The van der Waals surface area contributed by atoms with Crippen molar-refractivity contribution in [3.63, 3.8) is 0 Å². The minimum absolute atomic E-state index is 0.150. The van der Waals surface area contributed by atoms with Gasteiger partial charge in [-0.2, -0.15) is 0 Å². The quantitative estimate of drug-likeness (QED) is 0.680. The number of rotatable bonds is 4. The molecular weight excluding hydrogens is 236 g/mol. The first kappa shape index (κ1) is 14.3. The molecular formula is C11H22N4OS. The van der Waals surface area contributed by atoms with Crippen molar-refractivity contribution >= 4 is 23.1 Å². The molecule has 1 aliphatic rings. The van der Waals surface area contributed by atoms with Crippen LogP contribution in [0.3, 0.4) is 0 Å². The third-order valence-electron chi connectivity index (χ3n) is 3.22. The van der Waals surface area contributed by atoms with E-state index in [0.29, 0.717) is 11.5 Å². The number of piperazine rings is 1. The number of hydrogen-bond donors (Lipinski definition) is 1. The van der Waals surface area contributed by atoms with Gasteiger partial charge < -0.3 is 10.6 Å². The van der Waals surface area contributed by atoms with Gasteiger partial charge in [0.15, 0.2) is 0 Å². The highest BCUT2D eigenvalue weighted by Crippen LogP contribution is 2.06. The predicted molar refractivity (Wildman–Crippen MR) is 73.0 cm³/mol. The monoisotopic (exact) mass is 258 g/mol. The van der Waals surface area contributed by atoms with Crippen molar-refractivity contribution in [2.75, 3.05) is 46.8 Å². The van der Waals surface area contributed by atoms with Gasteiger partial charge in [0.2, 0.25) is 5.91 Å². The fourth-order valence-electron chi connectivity index (χ4n) is 1.82. The summed E-state index contributed by atoms with van der Waals surface area (Å²) in [6.07, 6.45) is 0. The smallest absolute Gasteiger partial charge is 0.236 e. The maximum Gasteiger partial charge on any atom is 0.236 e. The molecule has 6 heteroatoms. The van der Waals surface area contributed by atoms with E-state index < -0.39 is 0 Å². The lowest BCUT2D eigenvalue weighted by molar-refractivity contribution is -0.130. The van der Waals surface area contributed by atoms with Gasteiger partial charge in [-0.1, -0.05) is 12.2 Å². The van der Waals surface area contributed by atoms with Gasteiger partial charge in [-0.15, -0.1) is 0 Å². The van der Waals surface area contributed by atoms with Crippen molar-refractivity contribution in [2.24, 2.45) is 5.73 Å². The molecule has 1 rings (SSSR count). The summed E-state index contributed by atoms with van der Waals surface area (Å²) in [7, 11) is 3.57. The Balaban J connectivity index is 2.36. The molecule has 5 nitrogen and oxygen atoms in total. The molecule has 1 atom stereocenters. The van der Waals surface area contributed by atoms with Crippen LogP contribution < -0.4 is 5.73 Å². The van der Waals surface area contributed by atoms with Gasteiger partial charge in [0, 0.05) is 40.3 Å². The van der Waals surface area contributed by atoms with Gasteiger partial charge in [0.1, 0.15) is 0 Å². The zero-order valence-corrected chi connectivity index (χ0v) is 11.7. The van der Waals surface area contributed by atoms with E-state index in [1.807, 2.05) is 6.92 Å². The largest absolute Gasteiger partial charge is 0.392 e. The van der Waals surface area contributed by atoms with Gasteiger partial charge in [0.25, 0.3) is 0 Å². The lowest BCUT2D eigenvalue weighted by Crippen LogP contribution is -2.54. The number of hydrogen-bond acceptors (Lipinski definition) is 4. The van der Waals surface area contributed by atoms with Crippen molar-refractivity contribution in [1.29, 1.82) is 0 Å². The molecule has 0 saturated carbocycles. The van der Waals surface area contributed by atoms with E-state index in [9.17, 15) is 4.79 Å². The Morgan fingerprint density at radius 2 is 1.88 bits per heavy atom. The van der Waals surface area contributed by atoms with Crippen LogP contribution in [-0.4, -0.2) is 78.5 Å². The van der Waals surface area contributed by atoms with E-state index in [1.165, 1.54) is 0 Å². The Morgan fingerprint density at radius 3 is 2.29 bits per heavy atom. The first-order valence-electron chi connectivity index (χ1n) is 5.87. The Morgan fingerprint density at radius 1 is 1.35 bits per heavy atom. The van der Waals surface area contributed by atoms with Crippen LogP contribution >= 0.6 is 12.2 Å². The topological polar surface area (TPSA) is 52.8 Å². The second kappa shape index (κ2) is 6.28. The van der Waals surface area contributed by atoms with E-state index in [0.717, 1.165) is 26.2 Å². The molecule has 0 aromatic rings. The number of nitrogens with two attached hydrogens (primary N) is 1. The fraction of sp³-hybridized carbons (Fsp3) is 0.818. The van der Waals surface area contributed by atoms with Crippen molar-refractivity contribution in [1.82, 2.24) is 14.7 Å². The average Bonchev–Trinajstić information content (AvgIpc) is 2.28. The molecule has 1 fully saturated rings. The first-order valence-corrected chi connectivity index (χ1v) is 6.28. The van der Waals surface area contributed by atoms with E-state index in [4.69, 9.17) is 18.0 Å². The van der Waals surface area contributed by atoms with Crippen molar-refractivity contribution in [3.8, 4) is 0 Å². The summed E-state index contributed by atoms with van der Waals surface area (Å²) in [5.74, 6) is 0.154. The molecule has 1 amide bonds.